The van der Waals surface area contributed by atoms with Crippen LogP contribution in [0.1, 0.15) is 18.4 Å². The minimum absolute atomic E-state index is 0.0766. The van der Waals surface area contributed by atoms with E-state index in [0.29, 0.717) is 10.6 Å². The van der Waals surface area contributed by atoms with E-state index < -0.39 is 24.4 Å². The summed E-state index contributed by atoms with van der Waals surface area (Å²) in [4.78, 5) is 0. The molecule has 1 aromatic carbocycles. The Balaban J connectivity index is 2.86. The van der Waals surface area contributed by atoms with Crippen LogP contribution in [0.25, 0.3) is 0 Å². The monoisotopic (exact) mass is 285 g/mol. The second kappa shape index (κ2) is 5.99. The molecule has 0 aromatic heterocycles. The molecule has 0 saturated heterocycles. The van der Waals surface area contributed by atoms with Gasteiger partial charge in [-0.3, -0.25) is 0 Å². The zero-order valence-corrected chi connectivity index (χ0v) is 10.7. The molecule has 0 aliphatic heterocycles. The molecule has 0 bridgehead atoms. The number of nitriles is 1. The van der Waals surface area contributed by atoms with Crippen LogP contribution in [-0.2, 0) is 6.42 Å². The van der Waals surface area contributed by atoms with Crippen molar-refractivity contribution in [1.82, 2.24) is 0 Å². The van der Waals surface area contributed by atoms with Crippen molar-refractivity contribution in [2.45, 2.75) is 25.4 Å². The number of halogens is 4. The molecule has 0 aliphatic carbocycles. The van der Waals surface area contributed by atoms with Crippen LogP contribution >= 0.6 is 11.6 Å². The fourth-order valence-electron chi connectivity index (χ4n) is 1.65. The molecule has 1 unspecified atom stereocenters. The Labute approximate surface area is 115 Å². The average molecular weight is 286 g/mol. The van der Waals surface area contributed by atoms with Crippen LogP contribution in [0, 0.1) is 29.1 Å². The highest BCUT2D eigenvalue weighted by atomic mass is 35.5. The van der Waals surface area contributed by atoms with Crippen LogP contribution in [0.5, 0.6) is 0 Å². The van der Waals surface area contributed by atoms with E-state index in [0.717, 1.165) is 0 Å². The number of terminal acetylenes is 1. The number of nitrogens with zero attached hydrogens (tertiary/aromatic N) is 1. The summed E-state index contributed by atoms with van der Waals surface area (Å²) in [5, 5.41) is 9.62. The lowest BCUT2D eigenvalue weighted by Gasteiger charge is -2.21. The first-order valence-electron chi connectivity index (χ1n) is 5.50. The maximum Gasteiger partial charge on any atom is 0.389 e. The van der Waals surface area contributed by atoms with Gasteiger partial charge in [0.05, 0.1) is 6.07 Å². The molecule has 0 heterocycles. The van der Waals surface area contributed by atoms with Gasteiger partial charge in [0, 0.05) is 17.9 Å². The zero-order chi connectivity index (χ0) is 14.5. The van der Waals surface area contributed by atoms with E-state index in [4.69, 9.17) is 23.3 Å². The summed E-state index contributed by atoms with van der Waals surface area (Å²) >= 11 is 5.72. The molecule has 1 atom stereocenters. The lowest BCUT2D eigenvalue weighted by Crippen LogP contribution is -2.23. The van der Waals surface area contributed by atoms with E-state index in [-0.39, 0.29) is 6.42 Å². The molecule has 0 spiro atoms. The van der Waals surface area contributed by atoms with Gasteiger partial charge in [0.2, 0.25) is 0 Å². The topological polar surface area (TPSA) is 23.8 Å². The Kier molecular flexibility index (Phi) is 4.86. The van der Waals surface area contributed by atoms with Gasteiger partial charge in [-0.1, -0.05) is 29.7 Å². The van der Waals surface area contributed by atoms with Crippen LogP contribution in [0.4, 0.5) is 13.2 Å². The second-order valence-electron chi connectivity index (χ2n) is 4.26. The summed E-state index contributed by atoms with van der Waals surface area (Å²) in [6.45, 7) is 0. The van der Waals surface area contributed by atoms with E-state index >= 15 is 0 Å². The van der Waals surface area contributed by atoms with Crippen molar-refractivity contribution in [2.24, 2.45) is 5.41 Å². The minimum atomic E-state index is -4.32. The molecule has 0 aliphatic rings. The molecular formula is C14H11ClF3N. The van der Waals surface area contributed by atoms with E-state index in [1.165, 1.54) is 0 Å². The van der Waals surface area contributed by atoms with Crippen molar-refractivity contribution in [3.8, 4) is 18.4 Å². The molecule has 0 saturated carbocycles. The summed E-state index contributed by atoms with van der Waals surface area (Å²) in [6, 6.07) is 8.36. The molecule has 0 fully saturated rings. The van der Waals surface area contributed by atoms with E-state index in [1.807, 2.05) is 6.07 Å². The summed E-state index contributed by atoms with van der Waals surface area (Å²) in [7, 11) is 0. The summed E-state index contributed by atoms with van der Waals surface area (Å²) in [5.41, 5.74) is -0.755. The van der Waals surface area contributed by atoms with Gasteiger partial charge in [-0.2, -0.15) is 18.4 Å². The maximum atomic E-state index is 12.3. The average Bonchev–Trinajstić information content (AvgIpc) is 2.36. The van der Waals surface area contributed by atoms with Crippen LogP contribution in [0.15, 0.2) is 24.3 Å². The highest BCUT2D eigenvalue weighted by molar-refractivity contribution is 6.30. The fraction of sp³-hybridized carbons (Fsp3) is 0.357. The number of hydrogen-bond acceptors (Lipinski definition) is 1. The van der Waals surface area contributed by atoms with E-state index in [9.17, 15) is 13.2 Å². The van der Waals surface area contributed by atoms with Gasteiger partial charge < -0.3 is 0 Å². The first kappa shape index (κ1) is 15.4. The Morgan fingerprint density at radius 1 is 1.16 bits per heavy atom. The van der Waals surface area contributed by atoms with Crippen molar-refractivity contribution < 1.29 is 13.2 Å². The molecular weight excluding hydrogens is 275 g/mol. The number of rotatable bonds is 4. The first-order chi connectivity index (χ1) is 8.80. The Morgan fingerprint density at radius 3 is 2.16 bits per heavy atom. The number of benzene rings is 1. The van der Waals surface area contributed by atoms with E-state index in [1.54, 1.807) is 24.3 Å². The van der Waals surface area contributed by atoms with Crippen LogP contribution in [0.2, 0.25) is 5.02 Å². The predicted molar refractivity (Wildman–Crippen MR) is 67.3 cm³/mol. The molecule has 0 radical (unpaired) electrons. The summed E-state index contributed by atoms with van der Waals surface area (Å²) in [6.07, 6.45) is -0.466. The summed E-state index contributed by atoms with van der Waals surface area (Å²) < 4.78 is 36.8. The highest BCUT2D eigenvalue weighted by Crippen LogP contribution is 2.33. The first-order valence-corrected chi connectivity index (χ1v) is 5.88. The van der Waals surface area contributed by atoms with Gasteiger partial charge in [-0.05, 0) is 24.1 Å². The maximum absolute atomic E-state index is 12.3. The highest BCUT2D eigenvalue weighted by Gasteiger charge is 2.35. The molecule has 0 amide bonds. The quantitative estimate of drug-likeness (QED) is 0.754. The largest absolute Gasteiger partial charge is 0.389 e. The molecule has 1 aromatic rings. The van der Waals surface area contributed by atoms with Gasteiger partial charge in [-0.15, -0.1) is 6.42 Å². The smallest absolute Gasteiger partial charge is 0.197 e. The summed E-state index contributed by atoms with van der Waals surface area (Å²) in [5.74, 6) is 2.21. The van der Waals surface area contributed by atoms with Gasteiger partial charge in [0.25, 0.3) is 0 Å². The molecule has 5 heteroatoms. The zero-order valence-electron chi connectivity index (χ0n) is 9.97. The molecule has 0 N–H and O–H groups in total. The third kappa shape index (κ3) is 4.85. The van der Waals surface area contributed by atoms with Crippen molar-refractivity contribution in [1.29, 1.82) is 5.26 Å². The van der Waals surface area contributed by atoms with Crippen LogP contribution < -0.4 is 0 Å². The second-order valence-corrected chi connectivity index (χ2v) is 4.69. The van der Waals surface area contributed by atoms with Gasteiger partial charge in [-0.25, -0.2) is 0 Å². The van der Waals surface area contributed by atoms with Crippen molar-refractivity contribution in [3.63, 3.8) is 0 Å². The molecule has 1 rings (SSSR count). The normalized spacial score (nSPS) is 14.2. The third-order valence-electron chi connectivity index (χ3n) is 2.74. The Hall–Kier alpha value is -1.65. The van der Waals surface area contributed by atoms with Crippen LogP contribution in [-0.4, -0.2) is 6.18 Å². The number of hydrogen-bond donors (Lipinski definition) is 0. The standard InChI is InChI=1S/C14H11ClF3N/c1-2-13(10-19,7-8-14(16,17)18)9-11-3-5-12(15)6-4-11/h1,3-6H,7-9H2. The lowest BCUT2D eigenvalue weighted by atomic mass is 9.80. The third-order valence-corrected chi connectivity index (χ3v) is 3.00. The SMILES string of the molecule is C#CC(C#N)(CCC(F)(F)F)Cc1ccc(Cl)cc1. The van der Waals surface area contributed by atoms with Crippen molar-refractivity contribution in [3.05, 3.63) is 34.9 Å². The van der Waals surface area contributed by atoms with Gasteiger partial charge in [0.15, 0.2) is 0 Å². The Morgan fingerprint density at radius 2 is 1.74 bits per heavy atom. The Bertz CT molecular complexity index is 491. The van der Waals surface area contributed by atoms with Gasteiger partial charge >= 0.3 is 6.18 Å². The van der Waals surface area contributed by atoms with Crippen molar-refractivity contribution in [2.75, 3.05) is 0 Å². The lowest BCUT2D eigenvalue weighted by molar-refractivity contribution is -0.138. The predicted octanol–water partition coefficient (Wildman–Crippen LogP) is 4.37. The van der Waals surface area contributed by atoms with Crippen molar-refractivity contribution >= 4 is 11.6 Å². The van der Waals surface area contributed by atoms with Crippen LogP contribution in [0.3, 0.4) is 0 Å². The molecule has 19 heavy (non-hydrogen) atoms. The number of alkyl halides is 3. The van der Waals surface area contributed by atoms with Gasteiger partial charge in [0.1, 0.15) is 5.41 Å². The van der Waals surface area contributed by atoms with E-state index in [2.05, 4.69) is 5.92 Å². The molecule has 1 nitrogen and oxygen atoms in total. The fourth-order valence-corrected chi connectivity index (χ4v) is 1.77. The molecule has 100 valence electrons. The minimum Gasteiger partial charge on any atom is -0.197 e.